The summed E-state index contributed by atoms with van der Waals surface area (Å²) in [5.41, 5.74) is 2.11. The van der Waals surface area contributed by atoms with Crippen LogP contribution in [0.2, 0.25) is 0 Å². The van der Waals surface area contributed by atoms with Crippen LogP contribution in [0.3, 0.4) is 0 Å². The van der Waals surface area contributed by atoms with Crippen molar-refractivity contribution >= 4 is 27.9 Å². The molecule has 0 atom stereocenters. The van der Waals surface area contributed by atoms with Crippen molar-refractivity contribution in [3.63, 3.8) is 0 Å². The molecular formula is C16H18BrN3O. The number of benzene rings is 1. The van der Waals surface area contributed by atoms with Gasteiger partial charge in [-0.3, -0.25) is 4.79 Å². The molecule has 0 fully saturated rings. The van der Waals surface area contributed by atoms with Crippen molar-refractivity contribution in [3.8, 4) is 0 Å². The van der Waals surface area contributed by atoms with Gasteiger partial charge >= 0.3 is 0 Å². The molecule has 0 aliphatic heterocycles. The van der Waals surface area contributed by atoms with Gasteiger partial charge in [0.05, 0.1) is 6.33 Å². The SMILES string of the molecule is CN(CC=Cc1ccc(Br)cc1)C(=O)CCc1cnc[nH]1. The van der Waals surface area contributed by atoms with Gasteiger partial charge in [0.25, 0.3) is 0 Å². The normalized spacial score (nSPS) is 11.0. The van der Waals surface area contributed by atoms with Crippen molar-refractivity contribution in [1.29, 1.82) is 0 Å². The second-order valence-corrected chi connectivity index (χ2v) is 5.72. The second kappa shape index (κ2) is 7.78. The van der Waals surface area contributed by atoms with Crippen molar-refractivity contribution in [2.24, 2.45) is 0 Å². The van der Waals surface area contributed by atoms with Crippen LogP contribution < -0.4 is 0 Å². The summed E-state index contributed by atoms with van der Waals surface area (Å²) in [6.07, 6.45) is 8.58. The Kier molecular flexibility index (Phi) is 5.75. The van der Waals surface area contributed by atoms with Gasteiger partial charge in [-0.05, 0) is 24.1 Å². The fourth-order valence-corrected chi connectivity index (χ4v) is 2.14. The maximum Gasteiger partial charge on any atom is 0.222 e. The van der Waals surface area contributed by atoms with Crippen LogP contribution in [0, 0.1) is 0 Å². The first-order valence-electron chi connectivity index (χ1n) is 6.78. The summed E-state index contributed by atoms with van der Waals surface area (Å²) in [5.74, 6) is 0.130. The van der Waals surface area contributed by atoms with Crippen LogP contribution in [0.1, 0.15) is 17.7 Å². The zero-order valence-corrected chi connectivity index (χ0v) is 13.5. The first-order valence-corrected chi connectivity index (χ1v) is 7.58. The molecule has 2 aromatic rings. The highest BCUT2D eigenvalue weighted by atomic mass is 79.9. The Labute approximate surface area is 133 Å². The smallest absolute Gasteiger partial charge is 0.222 e. The highest BCUT2D eigenvalue weighted by molar-refractivity contribution is 9.10. The summed E-state index contributed by atoms with van der Waals surface area (Å²) in [7, 11) is 1.82. The minimum atomic E-state index is 0.130. The molecule has 0 aliphatic rings. The third kappa shape index (κ3) is 5.19. The van der Waals surface area contributed by atoms with Crippen molar-refractivity contribution in [2.45, 2.75) is 12.8 Å². The summed E-state index contributed by atoms with van der Waals surface area (Å²) < 4.78 is 1.06. The minimum Gasteiger partial charge on any atom is -0.348 e. The Morgan fingerprint density at radius 1 is 1.38 bits per heavy atom. The molecule has 0 bridgehead atoms. The minimum absolute atomic E-state index is 0.130. The van der Waals surface area contributed by atoms with Gasteiger partial charge in [0.2, 0.25) is 5.91 Å². The standard InChI is InChI=1S/C16H18BrN3O/c1-20(16(21)9-8-15-11-18-12-19-15)10-2-3-13-4-6-14(17)7-5-13/h2-7,11-12H,8-10H2,1H3,(H,18,19). The number of aromatic nitrogens is 2. The van der Waals surface area contributed by atoms with Gasteiger partial charge in [0.15, 0.2) is 0 Å². The number of carbonyl (C=O) groups is 1. The van der Waals surface area contributed by atoms with E-state index in [2.05, 4.69) is 25.9 Å². The molecule has 0 spiro atoms. The first kappa shape index (κ1) is 15.5. The Morgan fingerprint density at radius 3 is 2.81 bits per heavy atom. The van der Waals surface area contributed by atoms with Crippen LogP contribution in [0.5, 0.6) is 0 Å². The lowest BCUT2D eigenvalue weighted by Gasteiger charge is -2.14. The number of imidazole rings is 1. The Morgan fingerprint density at radius 2 is 2.14 bits per heavy atom. The highest BCUT2D eigenvalue weighted by Crippen LogP contribution is 2.11. The zero-order chi connectivity index (χ0) is 15.1. The number of amides is 1. The van der Waals surface area contributed by atoms with Crippen LogP contribution in [0.25, 0.3) is 6.08 Å². The van der Waals surface area contributed by atoms with Crippen molar-refractivity contribution in [3.05, 3.63) is 58.6 Å². The summed E-state index contributed by atoms with van der Waals surface area (Å²) in [5, 5.41) is 0. The molecule has 5 heteroatoms. The lowest BCUT2D eigenvalue weighted by atomic mass is 10.2. The molecule has 1 heterocycles. The van der Waals surface area contributed by atoms with Gasteiger partial charge in [-0.1, -0.05) is 40.2 Å². The number of hydrogen-bond acceptors (Lipinski definition) is 2. The number of H-pyrrole nitrogens is 1. The number of rotatable bonds is 6. The molecule has 21 heavy (non-hydrogen) atoms. The van der Waals surface area contributed by atoms with Gasteiger partial charge in [0.1, 0.15) is 0 Å². The molecule has 0 saturated heterocycles. The average molecular weight is 348 g/mol. The number of aryl methyl sites for hydroxylation is 1. The van der Waals surface area contributed by atoms with Crippen LogP contribution in [0.4, 0.5) is 0 Å². The van der Waals surface area contributed by atoms with E-state index in [4.69, 9.17) is 0 Å². The second-order valence-electron chi connectivity index (χ2n) is 4.81. The number of halogens is 1. The first-order chi connectivity index (χ1) is 10.1. The molecule has 4 nitrogen and oxygen atoms in total. The molecule has 0 radical (unpaired) electrons. The highest BCUT2D eigenvalue weighted by Gasteiger charge is 2.07. The summed E-state index contributed by atoms with van der Waals surface area (Å²) in [6, 6.07) is 8.05. The number of aromatic amines is 1. The third-order valence-electron chi connectivity index (χ3n) is 3.15. The van der Waals surface area contributed by atoms with Crippen molar-refractivity contribution < 1.29 is 4.79 Å². The van der Waals surface area contributed by atoms with Gasteiger partial charge < -0.3 is 9.88 Å². The van der Waals surface area contributed by atoms with E-state index in [0.29, 0.717) is 19.4 Å². The monoisotopic (exact) mass is 347 g/mol. The van der Waals surface area contributed by atoms with Crippen LogP contribution >= 0.6 is 15.9 Å². The topological polar surface area (TPSA) is 49.0 Å². The molecule has 2 rings (SSSR count). The quantitative estimate of drug-likeness (QED) is 0.871. The van der Waals surface area contributed by atoms with Gasteiger partial charge in [0, 0.05) is 36.4 Å². The number of carbonyl (C=O) groups excluding carboxylic acids is 1. The Hall–Kier alpha value is -1.88. The molecular weight excluding hydrogens is 330 g/mol. The molecule has 1 aromatic heterocycles. The van der Waals surface area contributed by atoms with Gasteiger partial charge in [-0.2, -0.15) is 0 Å². The third-order valence-corrected chi connectivity index (χ3v) is 3.68. The summed E-state index contributed by atoms with van der Waals surface area (Å²) >= 11 is 3.41. The van der Waals surface area contributed by atoms with E-state index in [9.17, 15) is 4.79 Å². The fourth-order valence-electron chi connectivity index (χ4n) is 1.88. The maximum atomic E-state index is 12.0. The van der Waals surface area contributed by atoms with Crippen molar-refractivity contribution in [1.82, 2.24) is 14.9 Å². The summed E-state index contributed by atoms with van der Waals surface area (Å²) in [4.78, 5) is 20.6. The number of likely N-dealkylation sites (N-methyl/N-ethyl adjacent to an activating group) is 1. The zero-order valence-electron chi connectivity index (χ0n) is 11.9. The molecule has 1 aromatic carbocycles. The van der Waals surface area contributed by atoms with Crippen molar-refractivity contribution in [2.75, 3.05) is 13.6 Å². The maximum absolute atomic E-state index is 12.0. The fraction of sp³-hybridized carbons (Fsp3) is 0.250. The van der Waals surface area contributed by atoms with E-state index in [1.165, 1.54) is 0 Å². The van der Waals surface area contributed by atoms with Crippen LogP contribution in [0.15, 0.2) is 47.3 Å². The Balaban J connectivity index is 1.76. The van der Waals surface area contributed by atoms with Gasteiger partial charge in [-0.25, -0.2) is 4.98 Å². The van der Waals surface area contributed by atoms with E-state index in [0.717, 1.165) is 15.7 Å². The lowest BCUT2D eigenvalue weighted by molar-refractivity contribution is -0.129. The predicted molar refractivity (Wildman–Crippen MR) is 87.7 cm³/mol. The van der Waals surface area contributed by atoms with Crippen LogP contribution in [-0.2, 0) is 11.2 Å². The summed E-state index contributed by atoms with van der Waals surface area (Å²) in [6.45, 7) is 0.609. The van der Waals surface area contributed by atoms with Crippen LogP contribution in [-0.4, -0.2) is 34.4 Å². The molecule has 110 valence electrons. The largest absolute Gasteiger partial charge is 0.348 e. The Bertz CT molecular complexity index is 590. The number of nitrogens with one attached hydrogen (secondary N) is 1. The van der Waals surface area contributed by atoms with E-state index in [-0.39, 0.29) is 5.91 Å². The average Bonchev–Trinajstić information content (AvgIpc) is 3.00. The molecule has 0 unspecified atom stereocenters. The van der Waals surface area contributed by atoms with Gasteiger partial charge in [-0.15, -0.1) is 0 Å². The number of hydrogen-bond donors (Lipinski definition) is 1. The van der Waals surface area contributed by atoms with E-state index >= 15 is 0 Å². The van der Waals surface area contributed by atoms with E-state index < -0.39 is 0 Å². The predicted octanol–water partition coefficient (Wildman–Crippen LogP) is 3.28. The molecule has 1 amide bonds. The van der Waals surface area contributed by atoms with E-state index in [1.54, 1.807) is 17.4 Å². The number of nitrogens with zero attached hydrogens (tertiary/aromatic N) is 2. The molecule has 0 saturated carbocycles. The molecule has 0 aliphatic carbocycles. The van der Waals surface area contributed by atoms with E-state index in [1.807, 2.05) is 43.5 Å². The lowest BCUT2D eigenvalue weighted by Crippen LogP contribution is -2.26. The molecule has 1 N–H and O–H groups in total.